The number of hydrogen-bond acceptors (Lipinski definition) is 5. The zero-order valence-corrected chi connectivity index (χ0v) is 15.1. The summed E-state index contributed by atoms with van der Waals surface area (Å²) in [5.41, 5.74) is 3.51. The Labute approximate surface area is 157 Å². The molecule has 3 aromatic rings. The van der Waals surface area contributed by atoms with Crippen LogP contribution in [0.4, 0.5) is 22.1 Å². The van der Waals surface area contributed by atoms with E-state index in [2.05, 4.69) is 32.6 Å². The molecule has 0 atom stereocenters. The number of aryl methyl sites for hydroxylation is 1. The fourth-order valence-corrected chi connectivity index (χ4v) is 3.02. The summed E-state index contributed by atoms with van der Waals surface area (Å²) in [4.78, 5) is 22.4. The van der Waals surface area contributed by atoms with Crippen molar-refractivity contribution in [3.05, 3.63) is 48.9 Å². The molecule has 0 aliphatic carbocycles. The Hall–Kier alpha value is -3.42. The van der Waals surface area contributed by atoms with Crippen LogP contribution in [0.5, 0.6) is 0 Å². The molecule has 138 valence electrons. The van der Waals surface area contributed by atoms with Gasteiger partial charge in [0, 0.05) is 43.3 Å². The fourth-order valence-electron chi connectivity index (χ4n) is 3.02. The minimum atomic E-state index is -0.0557. The standard InChI is InChI=1S/C19H21N7O/c1-2-10-25-13-15(12-22-25)23-18-20-8-7-17(24-18)14-3-5-16(6-4-14)26-11-9-21-19(26)27/h3-8,12-13H,2,9-11H2,1H3,(H,21,27)(H,20,23,24). The smallest absolute Gasteiger partial charge is 0.321 e. The van der Waals surface area contributed by atoms with E-state index in [1.165, 1.54) is 0 Å². The Morgan fingerprint density at radius 1 is 1.22 bits per heavy atom. The highest BCUT2D eigenvalue weighted by atomic mass is 16.2. The number of aromatic nitrogens is 4. The highest BCUT2D eigenvalue weighted by molar-refractivity contribution is 5.94. The van der Waals surface area contributed by atoms with Crippen molar-refractivity contribution in [2.75, 3.05) is 23.3 Å². The Balaban J connectivity index is 1.50. The molecule has 0 spiro atoms. The van der Waals surface area contributed by atoms with Crippen molar-refractivity contribution in [3.63, 3.8) is 0 Å². The van der Waals surface area contributed by atoms with Gasteiger partial charge in [-0.25, -0.2) is 14.8 Å². The normalized spacial score (nSPS) is 13.7. The van der Waals surface area contributed by atoms with Crippen LogP contribution in [0.15, 0.2) is 48.9 Å². The lowest BCUT2D eigenvalue weighted by atomic mass is 10.1. The molecule has 0 unspecified atom stereocenters. The molecule has 8 heteroatoms. The largest absolute Gasteiger partial charge is 0.336 e. The summed E-state index contributed by atoms with van der Waals surface area (Å²) in [7, 11) is 0. The summed E-state index contributed by atoms with van der Waals surface area (Å²) in [5.74, 6) is 0.520. The molecule has 1 aliphatic heterocycles. The van der Waals surface area contributed by atoms with Gasteiger partial charge in [-0.05, 0) is 24.6 Å². The molecule has 8 nitrogen and oxygen atoms in total. The summed E-state index contributed by atoms with van der Waals surface area (Å²) in [6.07, 6.45) is 6.46. The van der Waals surface area contributed by atoms with Crippen molar-refractivity contribution in [1.29, 1.82) is 0 Å². The zero-order chi connectivity index (χ0) is 18.6. The third-order valence-electron chi connectivity index (χ3n) is 4.33. The van der Waals surface area contributed by atoms with Gasteiger partial charge in [-0.2, -0.15) is 5.10 Å². The van der Waals surface area contributed by atoms with Crippen LogP contribution in [0.25, 0.3) is 11.3 Å². The number of urea groups is 1. The van der Waals surface area contributed by atoms with Gasteiger partial charge in [0.25, 0.3) is 0 Å². The summed E-state index contributed by atoms with van der Waals surface area (Å²) < 4.78 is 1.89. The van der Waals surface area contributed by atoms with Crippen molar-refractivity contribution >= 4 is 23.4 Å². The first-order valence-electron chi connectivity index (χ1n) is 9.01. The average molecular weight is 363 g/mol. The summed E-state index contributed by atoms with van der Waals surface area (Å²) in [6, 6.07) is 9.61. The molecule has 0 radical (unpaired) electrons. The number of nitrogens with zero attached hydrogens (tertiary/aromatic N) is 5. The lowest BCUT2D eigenvalue weighted by Gasteiger charge is -2.14. The first kappa shape index (κ1) is 17.0. The molecule has 2 N–H and O–H groups in total. The summed E-state index contributed by atoms with van der Waals surface area (Å²) in [6.45, 7) is 4.36. The van der Waals surface area contributed by atoms with E-state index in [4.69, 9.17) is 0 Å². The van der Waals surface area contributed by atoms with Crippen LogP contribution in [0.3, 0.4) is 0 Å². The number of carbonyl (C=O) groups is 1. The van der Waals surface area contributed by atoms with Crippen molar-refractivity contribution in [1.82, 2.24) is 25.1 Å². The minimum absolute atomic E-state index is 0.0557. The summed E-state index contributed by atoms with van der Waals surface area (Å²) >= 11 is 0. The molecule has 0 bridgehead atoms. The molecule has 0 saturated carbocycles. The molecule has 1 fully saturated rings. The molecule has 2 amide bonds. The van der Waals surface area contributed by atoms with E-state index >= 15 is 0 Å². The highest BCUT2D eigenvalue weighted by Gasteiger charge is 2.20. The Kier molecular flexibility index (Phi) is 4.69. The number of carbonyl (C=O) groups excluding carboxylic acids is 1. The van der Waals surface area contributed by atoms with Crippen LogP contribution >= 0.6 is 0 Å². The Morgan fingerprint density at radius 2 is 2.07 bits per heavy atom. The number of benzene rings is 1. The van der Waals surface area contributed by atoms with Crippen molar-refractivity contribution in [2.45, 2.75) is 19.9 Å². The van der Waals surface area contributed by atoms with Gasteiger partial charge in [-0.1, -0.05) is 19.1 Å². The number of amides is 2. The summed E-state index contributed by atoms with van der Waals surface area (Å²) in [5, 5.41) is 10.3. The van der Waals surface area contributed by atoms with E-state index < -0.39 is 0 Å². The Bertz CT molecular complexity index is 935. The van der Waals surface area contributed by atoms with Gasteiger partial charge in [-0.3, -0.25) is 9.58 Å². The number of nitrogens with one attached hydrogen (secondary N) is 2. The molecule has 1 aromatic carbocycles. The fraction of sp³-hybridized carbons (Fsp3) is 0.263. The van der Waals surface area contributed by atoms with Gasteiger partial charge in [-0.15, -0.1) is 0 Å². The number of anilines is 3. The van der Waals surface area contributed by atoms with E-state index in [9.17, 15) is 4.79 Å². The molecule has 27 heavy (non-hydrogen) atoms. The van der Waals surface area contributed by atoms with Crippen LogP contribution in [-0.4, -0.2) is 38.9 Å². The second kappa shape index (κ2) is 7.45. The second-order valence-corrected chi connectivity index (χ2v) is 6.31. The van der Waals surface area contributed by atoms with Crippen molar-refractivity contribution < 1.29 is 4.79 Å². The predicted octanol–water partition coefficient (Wildman–Crippen LogP) is 3.02. The third-order valence-corrected chi connectivity index (χ3v) is 4.33. The van der Waals surface area contributed by atoms with Crippen molar-refractivity contribution in [2.24, 2.45) is 0 Å². The van der Waals surface area contributed by atoms with Gasteiger partial charge in [0.05, 0.1) is 17.6 Å². The molecule has 4 rings (SSSR count). The van der Waals surface area contributed by atoms with Gasteiger partial charge < -0.3 is 10.6 Å². The third kappa shape index (κ3) is 3.74. The zero-order valence-electron chi connectivity index (χ0n) is 15.1. The maximum Gasteiger partial charge on any atom is 0.321 e. The van der Waals surface area contributed by atoms with E-state index in [0.717, 1.165) is 35.6 Å². The van der Waals surface area contributed by atoms with Gasteiger partial charge in [0.1, 0.15) is 0 Å². The molecular weight excluding hydrogens is 342 g/mol. The highest BCUT2D eigenvalue weighted by Crippen LogP contribution is 2.24. The van der Waals surface area contributed by atoms with E-state index in [1.807, 2.05) is 41.2 Å². The van der Waals surface area contributed by atoms with Crippen LogP contribution in [-0.2, 0) is 6.54 Å². The van der Waals surface area contributed by atoms with Crippen LogP contribution < -0.4 is 15.5 Å². The predicted molar refractivity (Wildman–Crippen MR) is 104 cm³/mol. The van der Waals surface area contributed by atoms with E-state index in [-0.39, 0.29) is 6.03 Å². The van der Waals surface area contributed by atoms with E-state index in [0.29, 0.717) is 19.0 Å². The monoisotopic (exact) mass is 363 g/mol. The molecule has 1 aliphatic rings. The van der Waals surface area contributed by atoms with Gasteiger partial charge >= 0.3 is 6.03 Å². The Morgan fingerprint density at radius 3 is 2.81 bits per heavy atom. The van der Waals surface area contributed by atoms with Crippen molar-refractivity contribution in [3.8, 4) is 11.3 Å². The van der Waals surface area contributed by atoms with Crippen LogP contribution in [0.1, 0.15) is 13.3 Å². The van der Waals surface area contributed by atoms with Crippen LogP contribution in [0.2, 0.25) is 0 Å². The lowest BCUT2D eigenvalue weighted by molar-refractivity contribution is 0.252. The van der Waals surface area contributed by atoms with Gasteiger partial charge in [0.15, 0.2) is 0 Å². The average Bonchev–Trinajstić information content (AvgIpc) is 3.31. The molecule has 1 saturated heterocycles. The number of rotatable bonds is 6. The van der Waals surface area contributed by atoms with Crippen LogP contribution in [0, 0.1) is 0 Å². The minimum Gasteiger partial charge on any atom is -0.336 e. The SMILES string of the molecule is CCCn1cc(Nc2nccc(-c3ccc(N4CCNC4=O)cc3)n2)cn1. The first-order chi connectivity index (χ1) is 13.2. The lowest BCUT2D eigenvalue weighted by Crippen LogP contribution is -2.27. The van der Waals surface area contributed by atoms with Gasteiger partial charge in [0.2, 0.25) is 5.95 Å². The molecule has 3 heterocycles. The second-order valence-electron chi connectivity index (χ2n) is 6.31. The maximum absolute atomic E-state index is 11.8. The maximum atomic E-state index is 11.8. The number of hydrogen-bond donors (Lipinski definition) is 2. The quantitative estimate of drug-likeness (QED) is 0.703. The molecule has 2 aromatic heterocycles. The van der Waals surface area contributed by atoms with E-state index in [1.54, 1.807) is 17.3 Å². The first-order valence-corrected chi connectivity index (χ1v) is 9.01. The molecular formula is C19H21N7O. The topological polar surface area (TPSA) is 88.0 Å².